The number of primary amides is 1. The number of rotatable bonds is 4. The highest BCUT2D eigenvalue weighted by Crippen LogP contribution is 2.15. The smallest absolute Gasteiger partial charge is 0.250 e. The number of nitrogens with one attached hydrogen (secondary N) is 1. The Kier molecular flexibility index (Phi) is 3.53. The number of benzene rings is 2. The molecule has 0 aliphatic carbocycles. The number of aromatic nitrogens is 3. The van der Waals surface area contributed by atoms with E-state index >= 15 is 0 Å². The summed E-state index contributed by atoms with van der Waals surface area (Å²) in [5.41, 5.74) is 7.41. The third-order valence-electron chi connectivity index (χ3n) is 3.18. The van der Waals surface area contributed by atoms with Gasteiger partial charge in [0.1, 0.15) is 12.1 Å². The molecule has 3 aromatic rings. The van der Waals surface area contributed by atoms with Crippen LogP contribution in [-0.2, 0) is 11.3 Å². The highest BCUT2D eigenvalue weighted by atomic mass is 16.2. The van der Waals surface area contributed by atoms with Crippen molar-refractivity contribution in [3.8, 4) is 0 Å². The van der Waals surface area contributed by atoms with Crippen LogP contribution in [0.3, 0.4) is 0 Å². The summed E-state index contributed by atoms with van der Waals surface area (Å²) in [5, 5.41) is 10.6. The van der Waals surface area contributed by atoms with E-state index in [4.69, 9.17) is 5.73 Å². The third kappa shape index (κ3) is 2.64. The second-order valence-corrected chi connectivity index (χ2v) is 4.69. The molecule has 0 unspecified atom stereocenters. The molecule has 0 saturated heterocycles. The second kappa shape index (κ2) is 5.65. The van der Waals surface area contributed by atoms with Crippen molar-refractivity contribution in [1.82, 2.24) is 15.0 Å². The summed E-state index contributed by atoms with van der Waals surface area (Å²) in [6.45, 7) is -0.00634. The lowest BCUT2D eigenvalue weighted by atomic mass is 10.1. The maximum Gasteiger partial charge on any atom is 0.250 e. The van der Waals surface area contributed by atoms with Gasteiger partial charge in [-0.2, -0.15) is 0 Å². The van der Waals surface area contributed by atoms with Gasteiger partial charge < -0.3 is 11.1 Å². The summed E-state index contributed by atoms with van der Waals surface area (Å²) in [7, 11) is 0. The number of hydrogen-bond donors (Lipinski definition) is 2. The van der Waals surface area contributed by atoms with Gasteiger partial charge in [0, 0.05) is 0 Å². The minimum absolute atomic E-state index is 0.00634. The SMILES string of the molecule is NC(=O)c1ccccc1NC(=O)Cn1nnc2ccccc21. The molecule has 0 aliphatic rings. The zero-order valence-electron chi connectivity index (χ0n) is 11.6. The molecule has 7 nitrogen and oxygen atoms in total. The Morgan fingerprint density at radius 2 is 1.82 bits per heavy atom. The lowest BCUT2D eigenvalue weighted by Gasteiger charge is -2.08. The fourth-order valence-corrected chi connectivity index (χ4v) is 2.17. The fourth-order valence-electron chi connectivity index (χ4n) is 2.17. The lowest BCUT2D eigenvalue weighted by molar-refractivity contribution is -0.116. The molecule has 3 N–H and O–H groups in total. The van der Waals surface area contributed by atoms with Crippen LogP contribution in [0, 0.1) is 0 Å². The van der Waals surface area contributed by atoms with E-state index in [-0.39, 0.29) is 18.0 Å². The van der Waals surface area contributed by atoms with Crippen LogP contribution < -0.4 is 11.1 Å². The molecule has 0 bridgehead atoms. The van der Waals surface area contributed by atoms with Gasteiger partial charge in [-0.15, -0.1) is 5.10 Å². The van der Waals surface area contributed by atoms with E-state index < -0.39 is 5.91 Å². The summed E-state index contributed by atoms with van der Waals surface area (Å²) in [5.74, 6) is -0.911. The standard InChI is InChI=1S/C15H13N5O2/c16-15(22)10-5-1-2-6-11(10)17-14(21)9-20-13-8-4-3-7-12(13)18-19-20/h1-8H,9H2,(H2,16,22)(H,17,21). The van der Waals surface area contributed by atoms with E-state index in [9.17, 15) is 9.59 Å². The van der Waals surface area contributed by atoms with E-state index in [1.807, 2.05) is 24.3 Å². The summed E-state index contributed by atoms with van der Waals surface area (Å²) < 4.78 is 1.50. The van der Waals surface area contributed by atoms with Gasteiger partial charge in [-0.25, -0.2) is 4.68 Å². The van der Waals surface area contributed by atoms with Crippen LogP contribution >= 0.6 is 0 Å². The number of carbonyl (C=O) groups is 2. The Balaban J connectivity index is 1.80. The lowest BCUT2D eigenvalue weighted by Crippen LogP contribution is -2.22. The first-order chi connectivity index (χ1) is 10.6. The molecule has 2 amide bonds. The van der Waals surface area contributed by atoms with Gasteiger partial charge in [0.05, 0.1) is 16.8 Å². The Bertz CT molecular complexity index is 856. The second-order valence-electron chi connectivity index (χ2n) is 4.69. The largest absolute Gasteiger partial charge is 0.366 e. The summed E-state index contributed by atoms with van der Waals surface area (Å²) in [6.07, 6.45) is 0. The number of fused-ring (bicyclic) bond motifs is 1. The van der Waals surface area contributed by atoms with Gasteiger partial charge in [0.25, 0.3) is 5.91 Å². The quantitative estimate of drug-likeness (QED) is 0.754. The van der Waals surface area contributed by atoms with Crippen molar-refractivity contribution >= 4 is 28.5 Å². The molecule has 0 saturated carbocycles. The summed E-state index contributed by atoms with van der Waals surface area (Å²) >= 11 is 0. The number of carbonyl (C=O) groups excluding carboxylic acids is 2. The van der Waals surface area contributed by atoms with Crippen molar-refractivity contribution < 1.29 is 9.59 Å². The molecular weight excluding hydrogens is 282 g/mol. The minimum Gasteiger partial charge on any atom is -0.366 e. The first-order valence-corrected chi connectivity index (χ1v) is 6.62. The summed E-state index contributed by atoms with van der Waals surface area (Å²) in [6, 6.07) is 13.9. The van der Waals surface area contributed by atoms with Crippen LogP contribution in [0.25, 0.3) is 11.0 Å². The van der Waals surface area contributed by atoms with E-state index in [0.29, 0.717) is 11.2 Å². The van der Waals surface area contributed by atoms with Crippen LogP contribution in [0.4, 0.5) is 5.69 Å². The zero-order chi connectivity index (χ0) is 15.5. The van der Waals surface area contributed by atoms with Gasteiger partial charge in [-0.1, -0.05) is 29.5 Å². The summed E-state index contributed by atoms with van der Waals surface area (Å²) in [4.78, 5) is 23.5. The molecule has 0 spiro atoms. The number of para-hydroxylation sites is 2. The number of nitrogens with two attached hydrogens (primary N) is 1. The number of hydrogen-bond acceptors (Lipinski definition) is 4. The van der Waals surface area contributed by atoms with E-state index in [1.54, 1.807) is 24.3 Å². The molecule has 0 atom stereocenters. The topological polar surface area (TPSA) is 103 Å². The molecule has 1 aromatic heterocycles. The van der Waals surface area contributed by atoms with E-state index in [0.717, 1.165) is 5.52 Å². The normalized spacial score (nSPS) is 10.5. The predicted molar refractivity (Wildman–Crippen MR) is 81.1 cm³/mol. The van der Waals surface area contributed by atoms with Crippen LogP contribution in [0.1, 0.15) is 10.4 Å². The molecule has 22 heavy (non-hydrogen) atoms. The van der Waals surface area contributed by atoms with Gasteiger partial charge in [-0.3, -0.25) is 9.59 Å². The van der Waals surface area contributed by atoms with Crippen LogP contribution in [-0.4, -0.2) is 26.8 Å². The Labute approximate surface area is 125 Å². The van der Waals surface area contributed by atoms with E-state index in [1.165, 1.54) is 4.68 Å². The third-order valence-corrected chi connectivity index (χ3v) is 3.18. The van der Waals surface area contributed by atoms with Gasteiger partial charge in [-0.05, 0) is 24.3 Å². The van der Waals surface area contributed by atoms with Crippen molar-refractivity contribution in [2.24, 2.45) is 5.73 Å². The molecule has 7 heteroatoms. The highest BCUT2D eigenvalue weighted by Gasteiger charge is 2.12. The number of amides is 2. The maximum atomic E-state index is 12.1. The Morgan fingerprint density at radius 3 is 2.64 bits per heavy atom. The average Bonchev–Trinajstić information content (AvgIpc) is 2.91. The molecule has 2 aromatic carbocycles. The fraction of sp³-hybridized carbons (Fsp3) is 0.0667. The molecule has 0 aliphatic heterocycles. The van der Waals surface area contributed by atoms with Gasteiger partial charge in [0.2, 0.25) is 5.91 Å². The van der Waals surface area contributed by atoms with Gasteiger partial charge >= 0.3 is 0 Å². The van der Waals surface area contributed by atoms with Crippen LogP contribution in [0.2, 0.25) is 0 Å². The zero-order valence-corrected chi connectivity index (χ0v) is 11.6. The minimum atomic E-state index is -0.595. The van der Waals surface area contributed by atoms with Crippen molar-refractivity contribution in [2.75, 3.05) is 5.32 Å². The van der Waals surface area contributed by atoms with Crippen LogP contribution in [0.5, 0.6) is 0 Å². The van der Waals surface area contributed by atoms with Crippen molar-refractivity contribution in [1.29, 1.82) is 0 Å². The van der Waals surface area contributed by atoms with Gasteiger partial charge in [0.15, 0.2) is 0 Å². The Morgan fingerprint density at radius 1 is 1.09 bits per heavy atom. The van der Waals surface area contributed by atoms with E-state index in [2.05, 4.69) is 15.6 Å². The number of nitrogens with zero attached hydrogens (tertiary/aromatic N) is 3. The van der Waals surface area contributed by atoms with Crippen molar-refractivity contribution in [2.45, 2.75) is 6.54 Å². The van der Waals surface area contributed by atoms with Crippen LogP contribution in [0.15, 0.2) is 48.5 Å². The average molecular weight is 295 g/mol. The number of anilines is 1. The maximum absolute atomic E-state index is 12.1. The molecule has 110 valence electrons. The molecule has 1 heterocycles. The molecule has 3 rings (SSSR count). The Hall–Kier alpha value is -3.22. The molecule has 0 fully saturated rings. The predicted octanol–water partition coefficient (Wildman–Crippen LogP) is 1.17. The molecule has 0 radical (unpaired) electrons. The molecular formula is C15H13N5O2. The first kappa shape index (κ1) is 13.7. The first-order valence-electron chi connectivity index (χ1n) is 6.62. The monoisotopic (exact) mass is 295 g/mol. The highest BCUT2D eigenvalue weighted by molar-refractivity contribution is 6.03. The van der Waals surface area contributed by atoms with Crippen molar-refractivity contribution in [3.05, 3.63) is 54.1 Å². The van der Waals surface area contributed by atoms with Crippen molar-refractivity contribution in [3.63, 3.8) is 0 Å².